The van der Waals surface area contributed by atoms with E-state index >= 15 is 0 Å². The number of hydrogen-bond acceptors (Lipinski definition) is 5. The summed E-state index contributed by atoms with van der Waals surface area (Å²) in [7, 11) is 0. The molecule has 0 bridgehead atoms. The fraction of sp³-hybridized carbons (Fsp3) is 0.500. The second-order valence-corrected chi connectivity index (χ2v) is 7.10. The molecule has 0 unspecified atom stereocenters. The topological polar surface area (TPSA) is 63.7 Å². The van der Waals surface area contributed by atoms with Gasteiger partial charge in [0.15, 0.2) is 0 Å². The van der Waals surface area contributed by atoms with E-state index in [9.17, 15) is 14.4 Å². The molecular weight excluding hydrogens is 326 g/mol. The highest BCUT2D eigenvalue weighted by atomic mass is 32.2. The molecule has 2 fully saturated rings. The summed E-state index contributed by atoms with van der Waals surface area (Å²) in [6, 6.07) is 7.24. The number of carbonyl (C=O) groups is 3. The number of nitrogens with zero attached hydrogens (tertiary/aromatic N) is 1. The number of imide groups is 1. The molecule has 1 aromatic rings. The van der Waals surface area contributed by atoms with Crippen molar-refractivity contribution in [1.82, 2.24) is 4.90 Å². The summed E-state index contributed by atoms with van der Waals surface area (Å²) in [4.78, 5) is 39.0. The molecule has 24 heavy (non-hydrogen) atoms. The van der Waals surface area contributed by atoms with Gasteiger partial charge in [-0.05, 0) is 43.4 Å². The number of rotatable bonds is 5. The van der Waals surface area contributed by atoms with Crippen LogP contribution in [0, 0.1) is 11.8 Å². The van der Waals surface area contributed by atoms with Crippen molar-refractivity contribution in [3.05, 3.63) is 24.3 Å². The summed E-state index contributed by atoms with van der Waals surface area (Å²) in [6.45, 7) is 0.117. The number of hydrogen-bond donors (Lipinski definition) is 0. The maximum absolute atomic E-state index is 12.3. The summed E-state index contributed by atoms with van der Waals surface area (Å²) >= 11 is 1.61. The molecule has 128 valence electrons. The third-order valence-electron chi connectivity index (χ3n) is 4.76. The first-order valence-corrected chi connectivity index (χ1v) is 9.52. The first-order valence-electron chi connectivity index (χ1n) is 8.30. The number of amides is 2. The van der Waals surface area contributed by atoms with Crippen molar-refractivity contribution in [3.63, 3.8) is 0 Å². The Kier molecular flexibility index (Phi) is 5.23. The lowest BCUT2D eigenvalue weighted by atomic mass is 9.81. The van der Waals surface area contributed by atoms with Gasteiger partial charge in [0.05, 0.1) is 18.3 Å². The predicted octanol–water partition coefficient (Wildman–Crippen LogP) is 2.88. The molecular formula is C18H21NO4S. The van der Waals surface area contributed by atoms with Gasteiger partial charge in [0.1, 0.15) is 5.75 Å². The zero-order valence-corrected chi connectivity index (χ0v) is 14.5. The molecule has 1 saturated carbocycles. The van der Waals surface area contributed by atoms with Crippen molar-refractivity contribution in [3.8, 4) is 5.75 Å². The summed E-state index contributed by atoms with van der Waals surface area (Å²) in [5, 5.41) is 0. The first kappa shape index (κ1) is 17.0. The van der Waals surface area contributed by atoms with Crippen LogP contribution in [0.3, 0.4) is 0 Å². The van der Waals surface area contributed by atoms with Crippen LogP contribution in [0.15, 0.2) is 29.2 Å². The van der Waals surface area contributed by atoms with Crippen LogP contribution < -0.4 is 4.74 Å². The molecule has 0 N–H and O–H groups in total. The lowest BCUT2D eigenvalue weighted by Crippen LogP contribution is -2.33. The lowest BCUT2D eigenvalue weighted by molar-refractivity contribution is -0.141. The van der Waals surface area contributed by atoms with Crippen molar-refractivity contribution < 1.29 is 19.1 Å². The SMILES string of the molecule is CSc1ccc(OC(=O)CCN2C(=O)[C@H]3CCCC[C@@H]3C2=O)cc1. The highest BCUT2D eigenvalue weighted by Gasteiger charge is 2.47. The number of esters is 1. The Morgan fingerprint density at radius 3 is 2.25 bits per heavy atom. The highest BCUT2D eigenvalue weighted by Crippen LogP contribution is 2.38. The smallest absolute Gasteiger partial charge is 0.312 e. The molecule has 0 radical (unpaired) electrons. The molecule has 1 aliphatic carbocycles. The van der Waals surface area contributed by atoms with E-state index in [1.165, 1.54) is 4.90 Å². The van der Waals surface area contributed by atoms with Crippen molar-refractivity contribution in [2.75, 3.05) is 12.8 Å². The second-order valence-electron chi connectivity index (χ2n) is 6.23. The Hall–Kier alpha value is -1.82. The largest absolute Gasteiger partial charge is 0.426 e. The van der Waals surface area contributed by atoms with E-state index in [2.05, 4.69) is 0 Å². The molecule has 3 rings (SSSR count). The minimum absolute atomic E-state index is 0.0290. The van der Waals surface area contributed by atoms with Crippen LogP contribution in [0.2, 0.25) is 0 Å². The van der Waals surface area contributed by atoms with Gasteiger partial charge in [-0.2, -0.15) is 0 Å². The second kappa shape index (κ2) is 7.38. The Labute approximate surface area is 145 Å². The Morgan fingerprint density at radius 1 is 1.12 bits per heavy atom. The van der Waals surface area contributed by atoms with Gasteiger partial charge in [-0.1, -0.05) is 12.8 Å². The molecule has 2 amide bonds. The van der Waals surface area contributed by atoms with Crippen molar-refractivity contribution in [1.29, 1.82) is 0 Å². The van der Waals surface area contributed by atoms with Gasteiger partial charge in [-0.3, -0.25) is 19.3 Å². The van der Waals surface area contributed by atoms with E-state index in [0.29, 0.717) is 5.75 Å². The number of ether oxygens (including phenoxy) is 1. The zero-order valence-electron chi connectivity index (χ0n) is 13.7. The van der Waals surface area contributed by atoms with E-state index in [0.717, 1.165) is 30.6 Å². The van der Waals surface area contributed by atoms with E-state index < -0.39 is 5.97 Å². The molecule has 6 heteroatoms. The van der Waals surface area contributed by atoms with Gasteiger partial charge in [-0.25, -0.2) is 0 Å². The Morgan fingerprint density at radius 2 is 1.71 bits per heavy atom. The van der Waals surface area contributed by atoms with E-state index in [4.69, 9.17) is 4.74 Å². The Bertz CT molecular complexity index is 619. The molecule has 0 spiro atoms. The van der Waals surface area contributed by atoms with Crippen LogP contribution in [0.25, 0.3) is 0 Å². The van der Waals surface area contributed by atoms with Crippen molar-refractivity contribution in [2.24, 2.45) is 11.8 Å². The predicted molar refractivity (Wildman–Crippen MR) is 90.6 cm³/mol. The Balaban J connectivity index is 1.54. The van der Waals surface area contributed by atoms with Crippen LogP contribution in [0.5, 0.6) is 5.75 Å². The number of benzene rings is 1. The molecule has 2 aliphatic rings. The number of likely N-dealkylation sites (tertiary alicyclic amines) is 1. The third kappa shape index (κ3) is 3.48. The number of fused-ring (bicyclic) bond motifs is 1. The van der Waals surface area contributed by atoms with Crippen LogP contribution >= 0.6 is 11.8 Å². The van der Waals surface area contributed by atoms with Crippen LogP contribution in [0.4, 0.5) is 0 Å². The fourth-order valence-corrected chi connectivity index (χ4v) is 3.89. The van der Waals surface area contributed by atoms with Crippen LogP contribution in [0.1, 0.15) is 32.1 Å². The van der Waals surface area contributed by atoms with Gasteiger partial charge in [0.25, 0.3) is 0 Å². The molecule has 1 heterocycles. The van der Waals surface area contributed by atoms with Gasteiger partial charge < -0.3 is 4.74 Å². The van der Waals surface area contributed by atoms with Gasteiger partial charge in [0, 0.05) is 11.4 Å². The number of carbonyl (C=O) groups excluding carboxylic acids is 3. The molecule has 1 saturated heterocycles. The molecule has 0 aromatic heterocycles. The molecule has 2 atom stereocenters. The van der Waals surface area contributed by atoms with Gasteiger partial charge in [-0.15, -0.1) is 11.8 Å². The standard InChI is InChI=1S/C18H21NO4S/c1-24-13-8-6-12(7-9-13)23-16(20)10-11-19-17(21)14-4-2-3-5-15(14)18(19)22/h6-9,14-15H,2-5,10-11H2,1H3/t14-,15-/m0/s1. The van der Waals surface area contributed by atoms with Gasteiger partial charge in [0.2, 0.25) is 11.8 Å². The number of thioether (sulfide) groups is 1. The summed E-state index contributed by atoms with van der Waals surface area (Å²) in [6.07, 6.45) is 5.59. The van der Waals surface area contributed by atoms with E-state index in [1.54, 1.807) is 23.9 Å². The average molecular weight is 347 g/mol. The van der Waals surface area contributed by atoms with Gasteiger partial charge >= 0.3 is 5.97 Å². The zero-order chi connectivity index (χ0) is 17.1. The maximum Gasteiger partial charge on any atom is 0.312 e. The summed E-state index contributed by atoms with van der Waals surface area (Å²) in [5.74, 6) is -0.501. The lowest BCUT2D eigenvalue weighted by Gasteiger charge is -2.19. The third-order valence-corrected chi connectivity index (χ3v) is 5.51. The summed E-state index contributed by atoms with van der Waals surface area (Å²) < 4.78 is 5.27. The molecule has 1 aromatic carbocycles. The summed E-state index contributed by atoms with van der Waals surface area (Å²) in [5.41, 5.74) is 0. The highest BCUT2D eigenvalue weighted by molar-refractivity contribution is 7.98. The monoisotopic (exact) mass is 347 g/mol. The minimum Gasteiger partial charge on any atom is -0.426 e. The minimum atomic E-state index is -0.428. The first-order chi connectivity index (χ1) is 11.6. The normalized spacial score (nSPS) is 23.3. The van der Waals surface area contributed by atoms with E-state index in [1.807, 2.05) is 18.4 Å². The van der Waals surface area contributed by atoms with Crippen LogP contribution in [-0.4, -0.2) is 35.5 Å². The fourth-order valence-electron chi connectivity index (χ4n) is 3.48. The quantitative estimate of drug-likeness (QED) is 0.355. The van der Waals surface area contributed by atoms with E-state index in [-0.39, 0.29) is 36.6 Å². The molecule has 1 aliphatic heterocycles. The molecule has 5 nitrogen and oxygen atoms in total. The van der Waals surface area contributed by atoms with Crippen LogP contribution in [-0.2, 0) is 14.4 Å². The average Bonchev–Trinajstić information content (AvgIpc) is 2.85. The van der Waals surface area contributed by atoms with Crippen molar-refractivity contribution >= 4 is 29.5 Å². The maximum atomic E-state index is 12.3. The van der Waals surface area contributed by atoms with Crippen molar-refractivity contribution in [2.45, 2.75) is 37.0 Å².